The van der Waals surface area contributed by atoms with E-state index in [1.54, 1.807) is 0 Å². The maximum Gasteiger partial charge on any atom is 0.227 e. The monoisotopic (exact) mass is 898 g/mol. The Morgan fingerprint density at radius 3 is 0.886 bits per heavy atom. The molecule has 0 saturated carbocycles. The minimum absolute atomic E-state index is 0.609. The number of nitrogens with zero attached hydrogens (tertiary/aromatic N) is 4. The fourth-order valence-electron chi connectivity index (χ4n) is 9.48. The van der Waals surface area contributed by atoms with Gasteiger partial charge in [-0.25, -0.2) is 9.97 Å². The Bertz CT molecular complexity index is 3660. The smallest absolute Gasteiger partial charge is 0.227 e. The highest BCUT2D eigenvalue weighted by Gasteiger charge is 2.18. The zero-order chi connectivity index (χ0) is 46.4. The normalized spacial score (nSPS) is 11.4. The van der Waals surface area contributed by atoms with Crippen molar-refractivity contribution >= 4 is 77.9 Å². The van der Waals surface area contributed by atoms with Crippen LogP contribution in [0, 0.1) is 0 Å². The summed E-state index contributed by atoms with van der Waals surface area (Å²) in [6, 6.07) is 89.4. The summed E-state index contributed by atoms with van der Waals surface area (Å²) in [5, 5.41) is 4.78. The minimum Gasteiger partial charge on any atom is -0.436 e. The van der Waals surface area contributed by atoms with Crippen LogP contribution in [-0.2, 0) is 0 Å². The second-order valence-electron chi connectivity index (χ2n) is 17.5. The molecule has 0 radical (unpaired) electrons. The topological polar surface area (TPSA) is 58.5 Å². The first-order chi connectivity index (χ1) is 34.6. The van der Waals surface area contributed by atoms with Crippen molar-refractivity contribution < 1.29 is 8.83 Å². The lowest BCUT2D eigenvalue weighted by Gasteiger charge is -2.26. The van der Waals surface area contributed by atoms with Gasteiger partial charge >= 0.3 is 0 Å². The number of para-hydroxylation sites is 4. The molecule has 2 aromatic heterocycles. The highest BCUT2D eigenvalue weighted by molar-refractivity contribution is 5.92. The van der Waals surface area contributed by atoms with Crippen LogP contribution in [0.25, 0.3) is 88.9 Å². The Labute approximate surface area is 404 Å². The van der Waals surface area contributed by atoms with Crippen molar-refractivity contribution in [2.45, 2.75) is 0 Å². The van der Waals surface area contributed by atoms with Crippen molar-refractivity contribution in [2.24, 2.45) is 0 Å². The Hall–Kier alpha value is -9.52. The van der Waals surface area contributed by atoms with E-state index in [0.717, 1.165) is 89.7 Å². The summed E-state index contributed by atoms with van der Waals surface area (Å²) >= 11 is 0. The maximum atomic E-state index is 6.10. The Kier molecular flexibility index (Phi) is 10.1. The molecule has 0 saturated heterocycles. The first kappa shape index (κ1) is 40.7. The lowest BCUT2D eigenvalue weighted by Crippen LogP contribution is -2.09. The minimum atomic E-state index is 0.609. The molecule has 0 N–H and O–H groups in total. The van der Waals surface area contributed by atoms with Gasteiger partial charge in [-0.05, 0) is 165 Å². The molecule has 0 aliphatic carbocycles. The zero-order valence-corrected chi connectivity index (χ0v) is 37.9. The van der Waals surface area contributed by atoms with Gasteiger partial charge in [-0.1, -0.05) is 133 Å². The van der Waals surface area contributed by atoms with E-state index in [4.69, 9.17) is 18.8 Å². The summed E-state index contributed by atoms with van der Waals surface area (Å²) in [4.78, 5) is 14.1. The molecule has 330 valence electrons. The van der Waals surface area contributed by atoms with Crippen LogP contribution in [0.1, 0.15) is 0 Å². The number of hydrogen-bond acceptors (Lipinski definition) is 6. The van der Waals surface area contributed by atoms with E-state index in [1.807, 2.05) is 48.5 Å². The fourth-order valence-corrected chi connectivity index (χ4v) is 9.48. The van der Waals surface area contributed by atoms with Gasteiger partial charge in [0.1, 0.15) is 11.0 Å². The van der Waals surface area contributed by atoms with E-state index in [9.17, 15) is 0 Å². The molecule has 6 heteroatoms. The second-order valence-corrected chi connectivity index (χ2v) is 17.5. The van der Waals surface area contributed by atoms with Gasteiger partial charge in [-0.3, -0.25) is 0 Å². The predicted molar refractivity (Wildman–Crippen MR) is 288 cm³/mol. The molecule has 2 heterocycles. The number of rotatable bonds is 10. The van der Waals surface area contributed by atoms with Crippen LogP contribution in [0.5, 0.6) is 0 Å². The van der Waals surface area contributed by atoms with Crippen molar-refractivity contribution in [2.75, 3.05) is 9.80 Å². The largest absolute Gasteiger partial charge is 0.436 e. The third-order valence-corrected chi connectivity index (χ3v) is 13.1. The summed E-state index contributed by atoms with van der Waals surface area (Å²) in [7, 11) is 0. The van der Waals surface area contributed by atoms with E-state index in [2.05, 4.69) is 216 Å². The van der Waals surface area contributed by atoms with Crippen LogP contribution < -0.4 is 9.80 Å². The lowest BCUT2D eigenvalue weighted by atomic mass is 9.99. The molecule has 0 unspecified atom stereocenters. The number of fused-ring (bicyclic) bond motifs is 4. The van der Waals surface area contributed by atoms with E-state index in [1.165, 1.54) is 21.5 Å². The maximum absolute atomic E-state index is 6.10. The first-order valence-corrected chi connectivity index (χ1v) is 23.4. The molecular formula is C64H42N4O2. The number of benzene rings is 11. The van der Waals surface area contributed by atoms with Crippen molar-refractivity contribution in [3.63, 3.8) is 0 Å². The quantitative estimate of drug-likeness (QED) is 0.136. The van der Waals surface area contributed by atoms with Crippen LogP contribution in [0.3, 0.4) is 0 Å². The predicted octanol–water partition coefficient (Wildman–Crippen LogP) is 17.9. The number of anilines is 6. The highest BCUT2D eigenvalue weighted by atomic mass is 16.4. The molecule has 0 aliphatic rings. The summed E-state index contributed by atoms with van der Waals surface area (Å²) in [6.07, 6.45) is 0. The molecule has 0 spiro atoms. The number of hydrogen-bond donors (Lipinski definition) is 0. The van der Waals surface area contributed by atoms with Gasteiger partial charge in [0.15, 0.2) is 11.2 Å². The van der Waals surface area contributed by atoms with Crippen LogP contribution in [0.2, 0.25) is 0 Å². The zero-order valence-electron chi connectivity index (χ0n) is 37.9. The summed E-state index contributed by atoms with van der Waals surface area (Å²) < 4.78 is 12.2. The standard InChI is InChI=1S/C64H42N4O2/c1-3-11-51-41-57(39-25-43(51)9-1)67(55-35-27-49(28-36-55)63-65-59-13-5-7-15-61(59)69-63)53-31-21-47(22-32-53)45-17-19-46(20-18-45)48-23-33-54(34-24-48)68(58-40-26-44-10-2-4-12-52(44)42-58)56-37-29-50(30-38-56)64-66-60-14-6-8-16-62(60)70-64/h1-42H. The Morgan fingerprint density at radius 2 is 0.529 bits per heavy atom. The number of oxazole rings is 2. The van der Waals surface area contributed by atoms with E-state index < -0.39 is 0 Å². The van der Waals surface area contributed by atoms with Gasteiger partial charge in [0.05, 0.1) is 0 Å². The Morgan fingerprint density at radius 1 is 0.243 bits per heavy atom. The van der Waals surface area contributed by atoms with Crippen molar-refractivity contribution in [1.29, 1.82) is 0 Å². The van der Waals surface area contributed by atoms with Crippen LogP contribution in [0.4, 0.5) is 34.1 Å². The van der Waals surface area contributed by atoms with Crippen molar-refractivity contribution in [1.82, 2.24) is 9.97 Å². The molecule has 0 amide bonds. The van der Waals surface area contributed by atoms with Crippen LogP contribution in [-0.4, -0.2) is 9.97 Å². The molecule has 0 aliphatic heterocycles. The Balaban J connectivity index is 0.777. The van der Waals surface area contributed by atoms with Gasteiger partial charge in [0, 0.05) is 45.3 Å². The third-order valence-electron chi connectivity index (χ3n) is 13.1. The van der Waals surface area contributed by atoms with E-state index >= 15 is 0 Å². The second kappa shape index (κ2) is 17.3. The van der Waals surface area contributed by atoms with Crippen LogP contribution in [0.15, 0.2) is 264 Å². The molecule has 0 fully saturated rings. The van der Waals surface area contributed by atoms with Gasteiger partial charge in [-0.15, -0.1) is 0 Å². The lowest BCUT2D eigenvalue weighted by molar-refractivity contribution is 0.619. The molecule has 13 aromatic rings. The van der Waals surface area contributed by atoms with E-state index in [-0.39, 0.29) is 0 Å². The molecule has 6 nitrogen and oxygen atoms in total. The summed E-state index contributed by atoms with van der Waals surface area (Å²) in [5.41, 5.74) is 16.0. The molecule has 70 heavy (non-hydrogen) atoms. The molecule has 0 atom stereocenters. The summed E-state index contributed by atoms with van der Waals surface area (Å²) in [5.74, 6) is 1.22. The molecule has 0 bridgehead atoms. The third kappa shape index (κ3) is 7.69. The summed E-state index contributed by atoms with van der Waals surface area (Å²) in [6.45, 7) is 0. The fraction of sp³-hybridized carbons (Fsp3) is 0. The number of aromatic nitrogens is 2. The van der Waals surface area contributed by atoms with Crippen LogP contribution >= 0.6 is 0 Å². The molecular weight excluding hydrogens is 857 g/mol. The molecule has 13 rings (SSSR count). The SMILES string of the molecule is c1ccc2cc(N(c3ccc(-c4ccc(-c5ccc(N(c6ccc(-c7nc8ccccc8o7)cc6)c6ccc7ccccc7c6)cc5)cc4)cc3)c3ccc(-c4nc5ccccc5o4)cc3)ccc2c1. The van der Waals surface area contributed by atoms with Gasteiger partial charge in [-0.2, -0.15) is 0 Å². The first-order valence-electron chi connectivity index (χ1n) is 23.4. The van der Waals surface area contributed by atoms with E-state index in [0.29, 0.717) is 11.8 Å². The highest BCUT2D eigenvalue weighted by Crippen LogP contribution is 2.41. The van der Waals surface area contributed by atoms with Crippen molar-refractivity contribution in [3.8, 4) is 45.2 Å². The molecule has 11 aromatic carbocycles. The van der Waals surface area contributed by atoms with Crippen molar-refractivity contribution in [3.05, 3.63) is 255 Å². The average Bonchev–Trinajstić information content (AvgIpc) is 4.08. The van der Waals surface area contributed by atoms with Gasteiger partial charge < -0.3 is 18.6 Å². The van der Waals surface area contributed by atoms with Gasteiger partial charge in [0.2, 0.25) is 11.8 Å². The average molecular weight is 899 g/mol. The van der Waals surface area contributed by atoms with Gasteiger partial charge in [0.25, 0.3) is 0 Å².